The van der Waals surface area contributed by atoms with Crippen LogP contribution in [-0.4, -0.2) is 15.4 Å². The summed E-state index contributed by atoms with van der Waals surface area (Å²) in [5.41, 5.74) is 12.3. The molecule has 1 amide bonds. The molecular formula is C24H34NOSiZr. The average Bonchev–Trinajstić information content (AvgIpc) is 3.02. The zero-order chi connectivity index (χ0) is 18.1. The van der Waals surface area contributed by atoms with Crippen LogP contribution in [0.15, 0.2) is 42.5 Å². The van der Waals surface area contributed by atoms with Crippen LogP contribution in [0.5, 0.6) is 0 Å². The van der Waals surface area contributed by atoms with E-state index in [4.69, 9.17) is 5.73 Å². The zero-order valence-electron chi connectivity index (χ0n) is 17.8. The topological polar surface area (TPSA) is 40.9 Å². The maximum absolute atomic E-state index is 10.5. The SMILES string of the molecule is C[SiH]C.[CH3-].[CH3-].[NH-]C(=O)C1CCCCC1.[Zr+4].[c-]1cccc2c1Cc1ccccc1-2. The smallest absolute Gasteiger partial charge is 0.668 e. The Morgan fingerprint density at radius 3 is 2.14 bits per heavy atom. The van der Waals surface area contributed by atoms with E-state index in [1.165, 1.54) is 28.7 Å². The van der Waals surface area contributed by atoms with Gasteiger partial charge < -0.3 is 25.4 Å². The molecule has 1 saturated carbocycles. The number of benzene rings is 2. The minimum absolute atomic E-state index is 0. The third kappa shape index (κ3) is 8.57. The van der Waals surface area contributed by atoms with Gasteiger partial charge in [-0.05, 0) is 19.3 Å². The number of carbonyl (C=O) groups is 1. The molecule has 0 unspecified atom stereocenters. The Labute approximate surface area is 194 Å². The van der Waals surface area contributed by atoms with Gasteiger partial charge in [0.15, 0.2) is 0 Å². The van der Waals surface area contributed by atoms with Crippen LogP contribution in [0.25, 0.3) is 16.9 Å². The molecule has 1 N–H and O–H groups in total. The first-order chi connectivity index (χ1) is 12.2. The van der Waals surface area contributed by atoms with Crippen LogP contribution in [-0.2, 0) is 37.4 Å². The molecular weight excluding hydrogens is 438 g/mol. The molecule has 4 rings (SSSR count). The van der Waals surface area contributed by atoms with Crippen molar-refractivity contribution < 1.29 is 31.0 Å². The second kappa shape index (κ2) is 15.9. The first-order valence-corrected chi connectivity index (χ1v) is 11.6. The van der Waals surface area contributed by atoms with Crippen molar-refractivity contribution in [1.82, 2.24) is 0 Å². The van der Waals surface area contributed by atoms with E-state index >= 15 is 0 Å². The van der Waals surface area contributed by atoms with E-state index in [9.17, 15) is 4.79 Å². The van der Waals surface area contributed by atoms with Crippen LogP contribution in [0, 0.1) is 26.8 Å². The number of fused-ring (bicyclic) bond motifs is 3. The van der Waals surface area contributed by atoms with E-state index < -0.39 is 0 Å². The van der Waals surface area contributed by atoms with Gasteiger partial charge in [0, 0.05) is 15.4 Å². The zero-order valence-corrected chi connectivity index (χ0v) is 21.5. The Morgan fingerprint density at radius 2 is 1.57 bits per heavy atom. The monoisotopic (exact) mass is 470 g/mol. The van der Waals surface area contributed by atoms with Crippen LogP contribution < -0.4 is 0 Å². The summed E-state index contributed by atoms with van der Waals surface area (Å²) in [6, 6.07) is 18.1. The molecule has 2 aliphatic carbocycles. The summed E-state index contributed by atoms with van der Waals surface area (Å²) >= 11 is 0. The van der Waals surface area contributed by atoms with Gasteiger partial charge in [-0.2, -0.15) is 29.8 Å². The summed E-state index contributed by atoms with van der Waals surface area (Å²) in [5.74, 6) is -0.270. The predicted octanol–water partition coefficient (Wildman–Crippen LogP) is 6.62. The van der Waals surface area contributed by atoms with Gasteiger partial charge in [-0.1, -0.05) is 67.7 Å². The number of rotatable bonds is 1. The molecule has 0 bridgehead atoms. The summed E-state index contributed by atoms with van der Waals surface area (Å²) in [4.78, 5) is 10.5. The Kier molecular flexibility index (Phi) is 16.6. The van der Waals surface area contributed by atoms with Crippen molar-refractivity contribution in [3.05, 3.63) is 80.2 Å². The first-order valence-electron chi connectivity index (χ1n) is 9.24. The normalized spacial score (nSPS) is 13.4. The van der Waals surface area contributed by atoms with Crippen molar-refractivity contribution in [2.75, 3.05) is 0 Å². The van der Waals surface area contributed by atoms with Crippen molar-refractivity contribution in [1.29, 1.82) is 0 Å². The summed E-state index contributed by atoms with van der Waals surface area (Å²) in [7, 11) is 0.750. The average molecular weight is 472 g/mol. The van der Waals surface area contributed by atoms with Crippen molar-refractivity contribution in [2.24, 2.45) is 5.92 Å². The van der Waals surface area contributed by atoms with Gasteiger partial charge in [0.25, 0.3) is 0 Å². The predicted molar refractivity (Wildman–Crippen MR) is 121 cm³/mol. The van der Waals surface area contributed by atoms with Gasteiger partial charge >= 0.3 is 26.2 Å². The molecule has 0 aromatic heterocycles. The first kappa shape index (κ1) is 29.2. The van der Waals surface area contributed by atoms with Gasteiger partial charge in [-0.25, -0.2) is 0 Å². The summed E-state index contributed by atoms with van der Waals surface area (Å²) in [6.45, 7) is 4.42. The van der Waals surface area contributed by atoms with Gasteiger partial charge in [0.1, 0.15) is 0 Å². The van der Waals surface area contributed by atoms with E-state index in [0.717, 1.165) is 41.6 Å². The standard InChI is InChI=1S/C13H9.C7H13NO.C2H7Si.2CH3.Zr/c1-3-7-12-10(5-1)9-11-6-2-4-8-13(11)12;8-7(9)6-4-2-1-3-5-6;1-3-2;;;/h1-5,7-8H,9H2;6H,1-5H2,(H2,8,9);3H,1-2H3;2*1H3;/q-1;;;2*-1;+4/p-1. The third-order valence-corrected chi connectivity index (χ3v) is 4.59. The third-order valence-electron chi connectivity index (χ3n) is 4.59. The molecule has 28 heavy (non-hydrogen) atoms. The number of carbonyl (C=O) groups excluding carboxylic acids is 1. The molecule has 2 nitrogen and oxygen atoms in total. The summed E-state index contributed by atoms with van der Waals surface area (Å²) in [5, 5.41) is 0. The van der Waals surface area contributed by atoms with E-state index in [-0.39, 0.29) is 52.9 Å². The summed E-state index contributed by atoms with van der Waals surface area (Å²) < 4.78 is 0. The molecule has 0 aliphatic heterocycles. The molecule has 0 atom stereocenters. The second-order valence-corrected chi connectivity index (χ2v) is 7.83. The fourth-order valence-electron chi connectivity index (χ4n) is 3.36. The molecule has 0 heterocycles. The number of hydrogen-bond acceptors (Lipinski definition) is 1. The van der Waals surface area contributed by atoms with Crippen molar-refractivity contribution >= 4 is 15.4 Å². The second-order valence-electron chi connectivity index (χ2n) is 6.67. The van der Waals surface area contributed by atoms with Crippen molar-refractivity contribution in [3.8, 4) is 11.1 Å². The van der Waals surface area contributed by atoms with Crippen LogP contribution >= 0.6 is 0 Å². The Bertz CT molecular complexity index is 640. The van der Waals surface area contributed by atoms with Gasteiger partial charge in [0.05, 0.1) is 5.91 Å². The van der Waals surface area contributed by atoms with Crippen molar-refractivity contribution in [3.63, 3.8) is 0 Å². The molecule has 2 aliphatic rings. The molecule has 2 aromatic carbocycles. The molecule has 1 fully saturated rings. The van der Waals surface area contributed by atoms with E-state index in [1.54, 1.807) is 0 Å². The molecule has 4 heteroatoms. The molecule has 0 spiro atoms. The maximum Gasteiger partial charge on any atom is 4.00 e. The van der Waals surface area contributed by atoms with Crippen LogP contribution in [0.3, 0.4) is 0 Å². The van der Waals surface area contributed by atoms with E-state index in [0.29, 0.717) is 0 Å². The Morgan fingerprint density at radius 1 is 1.00 bits per heavy atom. The fourth-order valence-corrected chi connectivity index (χ4v) is 3.36. The van der Waals surface area contributed by atoms with Crippen molar-refractivity contribution in [2.45, 2.75) is 51.6 Å². The molecule has 149 valence electrons. The maximum atomic E-state index is 10.5. The Hall–Kier alpha value is -0.990. The van der Waals surface area contributed by atoms with Crippen LogP contribution in [0.2, 0.25) is 13.1 Å². The van der Waals surface area contributed by atoms with Gasteiger partial charge in [-0.3, -0.25) is 0 Å². The molecule has 0 saturated heterocycles. The van der Waals surface area contributed by atoms with Gasteiger partial charge in [-0.15, -0.1) is 5.56 Å². The van der Waals surface area contributed by atoms with E-state index in [1.807, 2.05) is 6.07 Å². The largest absolute Gasteiger partial charge is 4.00 e. The Balaban J connectivity index is 0. The summed E-state index contributed by atoms with van der Waals surface area (Å²) in [6.07, 6.45) is 6.52. The molecule has 1 radical (unpaired) electrons. The van der Waals surface area contributed by atoms with Crippen LogP contribution in [0.4, 0.5) is 0 Å². The molecule has 2 aromatic rings. The number of nitrogens with one attached hydrogen (secondary N) is 1. The fraction of sp³-hybridized carbons (Fsp3) is 0.375. The van der Waals surface area contributed by atoms with E-state index in [2.05, 4.69) is 55.6 Å². The number of amides is 1. The van der Waals surface area contributed by atoms with Crippen LogP contribution in [0.1, 0.15) is 43.2 Å². The quantitative estimate of drug-likeness (QED) is 0.290. The minimum Gasteiger partial charge on any atom is -0.668 e. The minimum atomic E-state index is -0.352. The van der Waals surface area contributed by atoms with Gasteiger partial charge in [0.2, 0.25) is 0 Å². The number of hydrogen-bond donors (Lipinski definition) is 0.